The second-order valence-corrected chi connectivity index (χ2v) is 5.71. The summed E-state index contributed by atoms with van der Waals surface area (Å²) in [5.74, 6) is 3.02. The van der Waals surface area contributed by atoms with Crippen molar-refractivity contribution in [3.05, 3.63) is 18.2 Å². The summed E-state index contributed by atoms with van der Waals surface area (Å²) >= 11 is 1.93. The summed E-state index contributed by atoms with van der Waals surface area (Å²) < 4.78 is 5.22. The van der Waals surface area contributed by atoms with Crippen LogP contribution in [0.1, 0.15) is 6.42 Å². The van der Waals surface area contributed by atoms with Crippen molar-refractivity contribution in [2.45, 2.75) is 12.5 Å². The number of amides is 1. The quantitative estimate of drug-likeness (QED) is 0.842. The minimum atomic E-state index is 0.0968. The lowest BCUT2D eigenvalue weighted by molar-refractivity contribution is -0.116. The highest BCUT2D eigenvalue weighted by Gasteiger charge is 2.30. The first-order valence-electron chi connectivity index (χ1n) is 6.10. The molecule has 0 saturated carbocycles. The van der Waals surface area contributed by atoms with Gasteiger partial charge in [-0.1, -0.05) is 0 Å². The molecule has 0 aliphatic carbocycles. The Balaban J connectivity index is 2.03. The minimum absolute atomic E-state index is 0.0968. The number of fused-ring (bicyclic) bond motifs is 3. The van der Waals surface area contributed by atoms with E-state index in [0.29, 0.717) is 12.5 Å². The van der Waals surface area contributed by atoms with E-state index in [2.05, 4.69) is 10.2 Å². The van der Waals surface area contributed by atoms with Gasteiger partial charge < -0.3 is 15.0 Å². The van der Waals surface area contributed by atoms with Crippen LogP contribution in [0.2, 0.25) is 0 Å². The van der Waals surface area contributed by atoms with E-state index < -0.39 is 0 Å². The molecule has 1 aromatic rings. The number of carbonyl (C=O) groups is 1. The Morgan fingerprint density at radius 1 is 1.50 bits per heavy atom. The monoisotopic (exact) mass is 264 g/mol. The van der Waals surface area contributed by atoms with Gasteiger partial charge in [-0.15, -0.1) is 0 Å². The molecule has 1 fully saturated rings. The van der Waals surface area contributed by atoms with E-state index in [-0.39, 0.29) is 5.91 Å². The van der Waals surface area contributed by atoms with Gasteiger partial charge >= 0.3 is 0 Å². The lowest BCUT2D eigenvalue weighted by atomic mass is 10.1. The van der Waals surface area contributed by atoms with E-state index in [1.165, 1.54) is 0 Å². The van der Waals surface area contributed by atoms with Crippen LogP contribution in [0.25, 0.3) is 0 Å². The number of anilines is 2. The Morgan fingerprint density at radius 2 is 2.39 bits per heavy atom. The first-order chi connectivity index (χ1) is 8.78. The van der Waals surface area contributed by atoms with Crippen LogP contribution < -0.4 is 15.0 Å². The summed E-state index contributed by atoms with van der Waals surface area (Å²) in [5.41, 5.74) is 1.99. The molecular weight excluding hydrogens is 248 g/mol. The predicted octanol–water partition coefficient (Wildman–Crippen LogP) is 1.96. The van der Waals surface area contributed by atoms with Crippen LogP contribution in [0.4, 0.5) is 11.4 Å². The molecule has 1 amide bonds. The average molecular weight is 264 g/mol. The summed E-state index contributed by atoms with van der Waals surface area (Å²) in [7, 11) is 1.64. The summed E-state index contributed by atoms with van der Waals surface area (Å²) in [6, 6.07) is 6.22. The van der Waals surface area contributed by atoms with E-state index >= 15 is 0 Å². The van der Waals surface area contributed by atoms with Crippen LogP contribution in [0.5, 0.6) is 5.75 Å². The molecule has 2 aliphatic rings. The minimum Gasteiger partial charge on any atom is -0.497 e. The maximum absolute atomic E-state index is 11.9. The van der Waals surface area contributed by atoms with Crippen molar-refractivity contribution in [1.82, 2.24) is 0 Å². The van der Waals surface area contributed by atoms with Gasteiger partial charge in [-0.25, -0.2) is 0 Å². The maximum atomic E-state index is 11.9. The van der Waals surface area contributed by atoms with Crippen molar-refractivity contribution in [3.63, 3.8) is 0 Å². The number of benzene rings is 1. The van der Waals surface area contributed by atoms with E-state index in [1.807, 2.05) is 30.0 Å². The third-order valence-electron chi connectivity index (χ3n) is 3.44. The highest BCUT2D eigenvalue weighted by Crippen LogP contribution is 2.36. The average Bonchev–Trinajstić information content (AvgIpc) is 2.53. The number of thioether (sulfide) groups is 1. The molecular formula is C13H16N2O2S. The Morgan fingerprint density at radius 3 is 3.22 bits per heavy atom. The third kappa shape index (κ3) is 2.03. The molecule has 2 aliphatic heterocycles. The van der Waals surface area contributed by atoms with Crippen LogP contribution in [0, 0.1) is 0 Å². The SMILES string of the molecule is COc1ccc2c(c1)NC(=O)CC1CSCCN21. The third-order valence-corrected chi connectivity index (χ3v) is 4.53. The molecule has 0 radical (unpaired) electrons. The Hall–Kier alpha value is -1.36. The van der Waals surface area contributed by atoms with Gasteiger partial charge in [0.25, 0.3) is 0 Å². The van der Waals surface area contributed by atoms with Crippen molar-refractivity contribution < 1.29 is 9.53 Å². The van der Waals surface area contributed by atoms with Crippen molar-refractivity contribution in [2.24, 2.45) is 0 Å². The Labute approximate surface area is 111 Å². The topological polar surface area (TPSA) is 41.6 Å². The van der Waals surface area contributed by atoms with Crippen molar-refractivity contribution in [1.29, 1.82) is 0 Å². The van der Waals surface area contributed by atoms with Crippen LogP contribution in [0.15, 0.2) is 18.2 Å². The number of hydrogen-bond donors (Lipinski definition) is 1. The van der Waals surface area contributed by atoms with Gasteiger partial charge in [0, 0.05) is 36.6 Å². The predicted molar refractivity (Wildman–Crippen MR) is 74.7 cm³/mol. The number of carbonyl (C=O) groups excluding carboxylic acids is 1. The molecule has 0 bridgehead atoms. The fourth-order valence-electron chi connectivity index (χ4n) is 2.55. The fraction of sp³-hybridized carbons (Fsp3) is 0.462. The summed E-state index contributed by atoms with van der Waals surface area (Å²) in [5, 5.41) is 2.98. The summed E-state index contributed by atoms with van der Waals surface area (Å²) in [6.07, 6.45) is 0.573. The normalized spacial score (nSPS) is 22.6. The zero-order chi connectivity index (χ0) is 12.5. The zero-order valence-electron chi connectivity index (χ0n) is 10.3. The highest BCUT2D eigenvalue weighted by molar-refractivity contribution is 7.99. The molecule has 4 nitrogen and oxygen atoms in total. The van der Waals surface area contributed by atoms with Crippen LogP contribution in [-0.2, 0) is 4.79 Å². The second-order valence-electron chi connectivity index (χ2n) is 4.56. The van der Waals surface area contributed by atoms with Gasteiger partial charge in [-0.2, -0.15) is 11.8 Å². The number of ether oxygens (including phenoxy) is 1. The maximum Gasteiger partial charge on any atom is 0.226 e. The fourth-order valence-corrected chi connectivity index (χ4v) is 3.61. The summed E-state index contributed by atoms with van der Waals surface area (Å²) in [6.45, 7) is 1.00. The van der Waals surface area contributed by atoms with E-state index in [9.17, 15) is 4.79 Å². The molecule has 3 rings (SSSR count). The van der Waals surface area contributed by atoms with Crippen LogP contribution in [0.3, 0.4) is 0 Å². The second kappa shape index (κ2) is 4.72. The van der Waals surface area contributed by atoms with Gasteiger partial charge in [0.1, 0.15) is 5.75 Å². The standard InChI is InChI=1S/C13H16N2O2S/c1-17-10-2-3-12-11(7-10)14-13(16)6-9-8-18-5-4-15(9)12/h2-3,7,9H,4-6,8H2,1H3,(H,14,16). The highest BCUT2D eigenvalue weighted by atomic mass is 32.2. The zero-order valence-corrected chi connectivity index (χ0v) is 11.1. The van der Waals surface area contributed by atoms with Crippen LogP contribution >= 0.6 is 11.8 Å². The lowest BCUT2D eigenvalue weighted by Crippen LogP contribution is -2.42. The molecule has 96 valence electrons. The molecule has 2 heterocycles. The number of rotatable bonds is 1. The van der Waals surface area contributed by atoms with E-state index in [1.54, 1.807) is 7.11 Å². The van der Waals surface area contributed by atoms with Crippen molar-refractivity contribution in [2.75, 3.05) is 35.4 Å². The van der Waals surface area contributed by atoms with Gasteiger partial charge in [0.2, 0.25) is 5.91 Å². The first kappa shape index (κ1) is 11.7. The number of nitrogens with one attached hydrogen (secondary N) is 1. The van der Waals surface area contributed by atoms with Crippen LogP contribution in [-0.4, -0.2) is 37.1 Å². The molecule has 18 heavy (non-hydrogen) atoms. The molecule has 1 atom stereocenters. The summed E-state index contributed by atoms with van der Waals surface area (Å²) in [4.78, 5) is 14.3. The van der Waals surface area contributed by atoms with Crippen molar-refractivity contribution >= 4 is 29.0 Å². The van der Waals surface area contributed by atoms with E-state index in [0.717, 1.165) is 35.2 Å². The molecule has 1 aromatic carbocycles. The van der Waals surface area contributed by atoms with E-state index in [4.69, 9.17) is 4.74 Å². The number of methoxy groups -OCH3 is 1. The lowest BCUT2D eigenvalue weighted by Gasteiger charge is -2.35. The molecule has 0 spiro atoms. The van der Waals surface area contributed by atoms with Gasteiger partial charge in [-0.05, 0) is 12.1 Å². The molecule has 1 saturated heterocycles. The van der Waals surface area contributed by atoms with Gasteiger partial charge in [0.15, 0.2) is 0 Å². The smallest absolute Gasteiger partial charge is 0.226 e. The molecule has 1 unspecified atom stereocenters. The first-order valence-corrected chi connectivity index (χ1v) is 7.25. The molecule has 0 aromatic heterocycles. The molecule has 5 heteroatoms. The van der Waals surface area contributed by atoms with Gasteiger partial charge in [0.05, 0.1) is 18.5 Å². The van der Waals surface area contributed by atoms with Crippen molar-refractivity contribution in [3.8, 4) is 5.75 Å². The number of hydrogen-bond acceptors (Lipinski definition) is 4. The van der Waals surface area contributed by atoms with Gasteiger partial charge in [-0.3, -0.25) is 4.79 Å². The Bertz CT molecular complexity index is 478. The molecule has 1 N–H and O–H groups in total. The largest absolute Gasteiger partial charge is 0.497 e. The number of nitrogens with zero attached hydrogens (tertiary/aromatic N) is 1. The Kier molecular flexibility index (Phi) is 3.07.